The zero-order valence-corrected chi connectivity index (χ0v) is 11.1. The molecular formula is C14H18FNO2. The normalized spacial score (nSPS) is 11.6. The fourth-order valence-electron chi connectivity index (χ4n) is 1.37. The third kappa shape index (κ3) is 4.57. The molecule has 0 aliphatic carbocycles. The fourth-order valence-corrected chi connectivity index (χ4v) is 1.37. The van der Waals surface area contributed by atoms with Gasteiger partial charge < -0.3 is 10.1 Å². The lowest BCUT2D eigenvalue weighted by atomic mass is 10.1. The van der Waals surface area contributed by atoms with Crippen LogP contribution in [-0.4, -0.2) is 18.6 Å². The van der Waals surface area contributed by atoms with Crippen LogP contribution in [-0.2, 0) is 4.79 Å². The van der Waals surface area contributed by atoms with Gasteiger partial charge in [-0.15, -0.1) is 0 Å². The van der Waals surface area contributed by atoms with Crippen molar-refractivity contribution < 1.29 is 13.9 Å². The van der Waals surface area contributed by atoms with Crippen LogP contribution in [0.5, 0.6) is 5.75 Å². The third-order valence-electron chi connectivity index (χ3n) is 2.10. The van der Waals surface area contributed by atoms with Crippen LogP contribution in [0.15, 0.2) is 24.3 Å². The van der Waals surface area contributed by atoms with Gasteiger partial charge in [0.15, 0.2) is 11.6 Å². The van der Waals surface area contributed by atoms with E-state index in [4.69, 9.17) is 4.74 Å². The van der Waals surface area contributed by atoms with Crippen LogP contribution in [0.4, 0.5) is 4.39 Å². The lowest BCUT2D eigenvalue weighted by Crippen LogP contribution is -2.39. The van der Waals surface area contributed by atoms with E-state index in [1.165, 1.54) is 25.3 Å². The molecule has 18 heavy (non-hydrogen) atoms. The number of nitrogens with one attached hydrogen (secondary N) is 1. The van der Waals surface area contributed by atoms with Crippen LogP contribution in [0.3, 0.4) is 0 Å². The Labute approximate surface area is 107 Å². The molecular weight excluding hydrogens is 233 g/mol. The van der Waals surface area contributed by atoms with E-state index in [0.717, 1.165) is 0 Å². The van der Waals surface area contributed by atoms with Crippen LogP contribution >= 0.6 is 0 Å². The largest absolute Gasteiger partial charge is 0.494 e. The highest BCUT2D eigenvalue weighted by Gasteiger charge is 2.11. The predicted molar refractivity (Wildman–Crippen MR) is 69.9 cm³/mol. The maximum Gasteiger partial charge on any atom is 0.244 e. The summed E-state index contributed by atoms with van der Waals surface area (Å²) in [6.45, 7) is 5.68. The highest BCUT2D eigenvalue weighted by atomic mass is 19.1. The highest BCUT2D eigenvalue weighted by Crippen LogP contribution is 2.18. The van der Waals surface area contributed by atoms with Gasteiger partial charge in [-0.05, 0) is 44.5 Å². The van der Waals surface area contributed by atoms with Crippen LogP contribution < -0.4 is 10.1 Å². The molecule has 1 amide bonds. The van der Waals surface area contributed by atoms with Crippen LogP contribution in [0.1, 0.15) is 26.3 Å². The topological polar surface area (TPSA) is 38.3 Å². The summed E-state index contributed by atoms with van der Waals surface area (Å²) in [6, 6.07) is 4.53. The first-order valence-electron chi connectivity index (χ1n) is 5.65. The van der Waals surface area contributed by atoms with Crippen molar-refractivity contribution in [2.75, 3.05) is 7.11 Å². The Balaban J connectivity index is 2.73. The van der Waals surface area contributed by atoms with Crippen molar-refractivity contribution in [3.8, 4) is 5.75 Å². The number of carbonyl (C=O) groups is 1. The Morgan fingerprint density at radius 2 is 2.06 bits per heavy atom. The summed E-state index contributed by atoms with van der Waals surface area (Å²) >= 11 is 0. The summed E-state index contributed by atoms with van der Waals surface area (Å²) in [7, 11) is 1.41. The Morgan fingerprint density at radius 3 is 2.56 bits per heavy atom. The molecule has 0 unspecified atom stereocenters. The van der Waals surface area contributed by atoms with Crippen molar-refractivity contribution in [3.63, 3.8) is 0 Å². The summed E-state index contributed by atoms with van der Waals surface area (Å²) in [5.41, 5.74) is 0.324. The second-order valence-electron chi connectivity index (χ2n) is 4.97. The molecule has 0 aliphatic heterocycles. The Morgan fingerprint density at radius 1 is 1.39 bits per heavy atom. The summed E-state index contributed by atoms with van der Waals surface area (Å²) in [5, 5.41) is 2.78. The van der Waals surface area contributed by atoms with E-state index in [0.29, 0.717) is 5.56 Å². The van der Waals surface area contributed by atoms with E-state index in [-0.39, 0.29) is 17.2 Å². The van der Waals surface area contributed by atoms with Crippen molar-refractivity contribution in [3.05, 3.63) is 35.7 Å². The van der Waals surface area contributed by atoms with Gasteiger partial charge >= 0.3 is 0 Å². The maximum atomic E-state index is 13.4. The van der Waals surface area contributed by atoms with Gasteiger partial charge in [0.25, 0.3) is 0 Å². The van der Waals surface area contributed by atoms with Gasteiger partial charge in [-0.1, -0.05) is 6.07 Å². The number of methoxy groups -OCH3 is 1. The first-order valence-corrected chi connectivity index (χ1v) is 5.65. The van der Waals surface area contributed by atoms with Crippen LogP contribution in [0.2, 0.25) is 0 Å². The molecule has 0 spiro atoms. The second kappa shape index (κ2) is 5.67. The lowest BCUT2D eigenvalue weighted by Gasteiger charge is -2.18. The van der Waals surface area contributed by atoms with E-state index < -0.39 is 5.82 Å². The standard InChI is InChI=1S/C14H18FNO2/c1-14(2,3)16-13(17)8-6-10-5-7-12(18-4)11(15)9-10/h5-9H,1-4H3,(H,16,17)/b8-6+. The summed E-state index contributed by atoms with van der Waals surface area (Å²) in [5.74, 6) is -0.471. The number of ether oxygens (including phenoxy) is 1. The average molecular weight is 251 g/mol. The van der Waals surface area contributed by atoms with Gasteiger partial charge in [0.05, 0.1) is 7.11 Å². The SMILES string of the molecule is COc1ccc(/C=C/C(=O)NC(C)(C)C)cc1F. The van der Waals surface area contributed by atoms with Crippen molar-refractivity contribution >= 4 is 12.0 Å². The minimum absolute atomic E-state index is 0.186. The number of hydrogen-bond acceptors (Lipinski definition) is 2. The molecule has 0 fully saturated rings. The maximum absolute atomic E-state index is 13.4. The molecule has 0 radical (unpaired) electrons. The molecule has 1 rings (SSSR count). The zero-order chi connectivity index (χ0) is 13.8. The predicted octanol–water partition coefficient (Wildman–Crippen LogP) is 2.76. The van der Waals surface area contributed by atoms with Crippen molar-refractivity contribution in [2.24, 2.45) is 0 Å². The minimum atomic E-state index is -0.448. The molecule has 0 aliphatic rings. The lowest BCUT2D eigenvalue weighted by molar-refractivity contribution is -0.117. The molecule has 1 aromatic rings. The smallest absolute Gasteiger partial charge is 0.244 e. The van der Waals surface area contributed by atoms with Gasteiger partial charge in [-0.25, -0.2) is 4.39 Å². The molecule has 0 aromatic heterocycles. The average Bonchev–Trinajstić information content (AvgIpc) is 2.24. The molecule has 0 saturated carbocycles. The number of hydrogen-bond donors (Lipinski definition) is 1. The molecule has 1 N–H and O–H groups in total. The first-order chi connectivity index (χ1) is 8.31. The van der Waals surface area contributed by atoms with Gasteiger partial charge in [-0.3, -0.25) is 4.79 Å². The molecule has 98 valence electrons. The second-order valence-corrected chi connectivity index (χ2v) is 4.97. The Kier molecular flexibility index (Phi) is 4.48. The van der Waals surface area contributed by atoms with E-state index in [1.54, 1.807) is 12.1 Å². The number of halogens is 1. The molecule has 1 aromatic carbocycles. The first kappa shape index (κ1) is 14.2. The van der Waals surface area contributed by atoms with Gasteiger partial charge in [0.2, 0.25) is 5.91 Å². The van der Waals surface area contributed by atoms with Crippen LogP contribution in [0.25, 0.3) is 6.08 Å². The number of carbonyl (C=O) groups excluding carboxylic acids is 1. The Hall–Kier alpha value is -1.84. The van der Waals surface area contributed by atoms with Gasteiger partial charge in [0, 0.05) is 11.6 Å². The van der Waals surface area contributed by atoms with E-state index in [9.17, 15) is 9.18 Å². The third-order valence-corrected chi connectivity index (χ3v) is 2.10. The van der Waals surface area contributed by atoms with Crippen molar-refractivity contribution in [1.29, 1.82) is 0 Å². The fraction of sp³-hybridized carbons (Fsp3) is 0.357. The Bertz CT molecular complexity index is 461. The molecule has 0 heterocycles. The summed E-state index contributed by atoms with van der Waals surface area (Å²) in [4.78, 5) is 11.5. The van der Waals surface area contributed by atoms with E-state index in [2.05, 4.69) is 5.32 Å². The number of rotatable bonds is 3. The van der Waals surface area contributed by atoms with Gasteiger partial charge in [0.1, 0.15) is 0 Å². The molecule has 0 atom stereocenters. The number of amides is 1. The molecule has 4 heteroatoms. The molecule has 3 nitrogen and oxygen atoms in total. The van der Waals surface area contributed by atoms with E-state index >= 15 is 0 Å². The quantitative estimate of drug-likeness (QED) is 0.839. The highest BCUT2D eigenvalue weighted by molar-refractivity contribution is 5.92. The van der Waals surface area contributed by atoms with E-state index in [1.807, 2.05) is 20.8 Å². The van der Waals surface area contributed by atoms with Crippen molar-refractivity contribution in [2.45, 2.75) is 26.3 Å². The molecule has 0 bridgehead atoms. The molecule has 0 saturated heterocycles. The monoisotopic (exact) mass is 251 g/mol. The minimum Gasteiger partial charge on any atom is -0.494 e. The summed E-state index contributed by atoms with van der Waals surface area (Å²) in [6.07, 6.45) is 2.94. The van der Waals surface area contributed by atoms with Crippen LogP contribution in [0, 0.1) is 5.82 Å². The zero-order valence-electron chi connectivity index (χ0n) is 11.1. The van der Waals surface area contributed by atoms with Crippen molar-refractivity contribution in [1.82, 2.24) is 5.32 Å². The summed E-state index contributed by atoms with van der Waals surface area (Å²) < 4.78 is 18.2. The number of benzene rings is 1. The van der Waals surface area contributed by atoms with Gasteiger partial charge in [-0.2, -0.15) is 0 Å².